The van der Waals surface area contributed by atoms with Crippen LogP contribution in [-0.4, -0.2) is 80.8 Å². The molecule has 0 bridgehead atoms. The number of aromatic nitrogens is 1. The van der Waals surface area contributed by atoms with Crippen molar-refractivity contribution in [3.63, 3.8) is 0 Å². The molecule has 0 radical (unpaired) electrons. The molecule has 0 spiro atoms. The van der Waals surface area contributed by atoms with Crippen molar-refractivity contribution in [2.24, 2.45) is 0 Å². The molecular weight excluding hydrogens is 308 g/mol. The number of amides is 1. The fraction of sp³-hybridized carbons (Fsp3) is 0.647. The van der Waals surface area contributed by atoms with Crippen molar-refractivity contribution in [2.75, 3.05) is 47.9 Å². The van der Waals surface area contributed by atoms with E-state index < -0.39 is 0 Å². The van der Waals surface area contributed by atoms with Crippen molar-refractivity contribution in [3.8, 4) is 5.88 Å². The second kappa shape index (κ2) is 8.96. The van der Waals surface area contributed by atoms with Gasteiger partial charge in [-0.1, -0.05) is 0 Å². The number of hydrogen-bond donors (Lipinski definition) is 1. The maximum Gasteiger partial charge on any atom is 0.237 e. The fourth-order valence-electron chi connectivity index (χ4n) is 2.71. The number of carbonyl (C=O) groups excluding carboxylic acids is 1. The van der Waals surface area contributed by atoms with Crippen LogP contribution in [-0.2, 0) is 16.1 Å². The maximum absolute atomic E-state index is 12.4. The summed E-state index contributed by atoms with van der Waals surface area (Å²) in [7, 11) is 7.63. The average Bonchev–Trinajstić information content (AvgIpc) is 2.94. The van der Waals surface area contributed by atoms with Crippen LogP contribution in [0.25, 0.3) is 0 Å². The molecule has 2 heterocycles. The van der Waals surface area contributed by atoms with Crippen molar-refractivity contribution >= 4 is 5.91 Å². The minimum Gasteiger partial charge on any atom is -0.476 e. The number of carbonyl (C=O) groups is 1. The Morgan fingerprint density at radius 3 is 2.96 bits per heavy atom. The van der Waals surface area contributed by atoms with Crippen molar-refractivity contribution in [3.05, 3.63) is 23.9 Å². The van der Waals surface area contributed by atoms with Gasteiger partial charge in [-0.3, -0.25) is 9.69 Å². The van der Waals surface area contributed by atoms with Gasteiger partial charge in [0.15, 0.2) is 0 Å². The smallest absolute Gasteiger partial charge is 0.237 e. The van der Waals surface area contributed by atoms with Crippen LogP contribution in [0.4, 0.5) is 0 Å². The van der Waals surface area contributed by atoms with E-state index >= 15 is 0 Å². The van der Waals surface area contributed by atoms with E-state index in [0.29, 0.717) is 19.0 Å². The third-order valence-electron chi connectivity index (χ3n) is 4.20. The highest BCUT2D eigenvalue weighted by Crippen LogP contribution is 2.18. The molecule has 1 aliphatic rings. The molecule has 1 saturated heterocycles. The van der Waals surface area contributed by atoms with E-state index in [1.54, 1.807) is 13.3 Å². The van der Waals surface area contributed by atoms with Crippen molar-refractivity contribution in [2.45, 2.75) is 25.1 Å². The molecule has 0 unspecified atom stereocenters. The van der Waals surface area contributed by atoms with Gasteiger partial charge in [-0.25, -0.2) is 4.98 Å². The largest absolute Gasteiger partial charge is 0.476 e. The van der Waals surface area contributed by atoms with E-state index in [9.17, 15) is 4.79 Å². The lowest BCUT2D eigenvalue weighted by Crippen LogP contribution is -2.41. The van der Waals surface area contributed by atoms with E-state index in [4.69, 9.17) is 9.47 Å². The van der Waals surface area contributed by atoms with Gasteiger partial charge in [0.1, 0.15) is 6.61 Å². The molecule has 0 aliphatic carbocycles. The van der Waals surface area contributed by atoms with Gasteiger partial charge in [-0.2, -0.15) is 0 Å². The number of hydrogen-bond acceptors (Lipinski definition) is 6. The molecule has 1 N–H and O–H groups in total. The molecule has 7 heteroatoms. The van der Waals surface area contributed by atoms with Crippen molar-refractivity contribution in [1.82, 2.24) is 20.1 Å². The standard InChI is InChI=1S/C17H28N4O3/c1-20(2)7-8-24-16-9-13(5-6-18-16)11-19-17(22)15-10-14(23-4)12-21(15)3/h5-6,9,14-15H,7-8,10-12H2,1-4H3,(H,19,22)/t14-,15-/m0/s1. The molecule has 134 valence electrons. The number of rotatable bonds is 8. The molecule has 1 aromatic heterocycles. The first-order valence-electron chi connectivity index (χ1n) is 8.22. The van der Waals surface area contributed by atoms with Crippen molar-refractivity contribution < 1.29 is 14.3 Å². The van der Waals surface area contributed by atoms with Gasteiger partial charge >= 0.3 is 0 Å². The summed E-state index contributed by atoms with van der Waals surface area (Å²) in [6.07, 6.45) is 2.56. The topological polar surface area (TPSA) is 66.9 Å². The summed E-state index contributed by atoms with van der Waals surface area (Å²) in [5.74, 6) is 0.616. The van der Waals surface area contributed by atoms with Gasteiger partial charge in [0.05, 0.1) is 12.1 Å². The number of nitrogens with one attached hydrogen (secondary N) is 1. The third-order valence-corrected chi connectivity index (χ3v) is 4.20. The van der Waals surface area contributed by atoms with Gasteiger partial charge in [0.2, 0.25) is 11.8 Å². The highest BCUT2D eigenvalue weighted by atomic mass is 16.5. The van der Waals surface area contributed by atoms with Gasteiger partial charge in [0.25, 0.3) is 0 Å². The zero-order chi connectivity index (χ0) is 17.5. The number of likely N-dealkylation sites (N-methyl/N-ethyl adjacent to an activating group) is 2. The van der Waals surface area contributed by atoms with Crippen LogP contribution in [0.15, 0.2) is 18.3 Å². The quantitative estimate of drug-likeness (QED) is 0.739. The Hall–Kier alpha value is -1.70. The first kappa shape index (κ1) is 18.6. The van der Waals surface area contributed by atoms with Crippen LogP contribution in [0.5, 0.6) is 5.88 Å². The Kier molecular flexibility index (Phi) is 6.96. The van der Waals surface area contributed by atoms with Crippen molar-refractivity contribution in [1.29, 1.82) is 0 Å². The Bertz CT molecular complexity index is 538. The summed E-state index contributed by atoms with van der Waals surface area (Å²) in [4.78, 5) is 20.6. The summed E-state index contributed by atoms with van der Waals surface area (Å²) in [6, 6.07) is 3.62. The molecule has 0 saturated carbocycles. The molecule has 24 heavy (non-hydrogen) atoms. The number of methoxy groups -OCH3 is 1. The number of pyridine rings is 1. The predicted molar refractivity (Wildman–Crippen MR) is 92.0 cm³/mol. The molecule has 7 nitrogen and oxygen atoms in total. The number of nitrogens with zero attached hydrogens (tertiary/aromatic N) is 3. The van der Waals surface area contributed by atoms with E-state index in [-0.39, 0.29) is 18.1 Å². The summed E-state index contributed by atoms with van der Waals surface area (Å²) >= 11 is 0. The minimum atomic E-state index is -0.132. The van der Waals surface area contributed by atoms with Crippen LogP contribution in [0.3, 0.4) is 0 Å². The highest BCUT2D eigenvalue weighted by Gasteiger charge is 2.34. The molecule has 1 aromatic rings. The molecule has 2 atom stereocenters. The lowest BCUT2D eigenvalue weighted by Gasteiger charge is -2.18. The van der Waals surface area contributed by atoms with Crippen LogP contribution in [0.2, 0.25) is 0 Å². The van der Waals surface area contributed by atoms with E-state index in [0.717, 1.165) is 25.1 Å². The Labute approximate surface area is 143 Å². The minimum absolute atomic E-state index is 0.0314. The number of ether oxygens (including phenoxy) is 2. The Morgan fingerprint density at radius 2 is 2.29 bits per heavy atom. The second-order valence-electron chi connectivity index (χ2n) is 6.42. The zero-order valence-corrected chi connectivity index (χ0v) is 15.0. The molecule has 2 rings (SSSR count). The normalized spacial score (nSPS) is 21.2. The van der Waals surface area contributed by atoms with E-state index in [2.05, 4.69) is 15.2 Å². The first-order chi connectivity index (χ1) is 11.5. The first-order valence-corrected chi connectivity index (χ1v) is 8.22. The summed E-state index contributed by atoms with van der Waals surface area (Å²) in [5, 5.41) is 2.99. The fourth-order valence-corrected chi connectivity index (χ4v) is 2.71. The summed E-state index contributed by atoms with van der Waals surface area (Å²) in [5.41, 5.74) is 0.974. The van der Waals surface area contributed by atoms with Gasteiger partial charge < -0.3 is 19.7 Å². The Balaban J connectivity index is 1.82. The SMILES string of the molecule is CO[C@H]1C[C@@H](C(=O)NCc2ccnc(OCCN(C)C)c2)N(C)C1. The van der Waals surface area contributed by atoms with E-state index in [1.807, 2.05) is 38.2 Å². The van der Waals surface area contributed by atoms with Gasteiger partial charge in [-0.05, 0) is 39.2 Å². The third kappa shape index (κ3) is 5.43. The second-order valence-corrected chi connectivity index (χ2v) is 6.42. The lowest BCUT2D eigenvalue weighted by molar-refractivity contribution is -0.125. The maximum atomic E-state index is 12.4. The molecular formula is C17H28N4O3. The van der Waals surface area contributed by atoms with Gasteiger partial charge in [-0.15, -0.1) is 0 Å². The van der Waals surface area contributed by atoms with Crippen LogP contribution < -0.4 is 10.1 Å². The zero-order valence-electron chi connectivity index (χ0n) is 15.0. The molecule has 1 fully saturated rings. The lowest BCUT2D eigenvalue weighted by atomic mass is 10.2. The molecule has 1 amide bonds. The monoisotopic (exact) mass is 336 g/mol. The Morgan fingerprint density at radius 1 is 1.50 bits per heavy atom. The summed E-state index contributed by atoms with van der Waals surface area (Å²) in [6.45, 7) is 2.67. The predicted octanol–water partition coefficient (Wildman–Crippen LogP) is 0.357. The summed E-state index contributed by atoms with van der Waals surface area (Å²) < 4.78 is 11.0. The highest BCUT2D eigenvalue weighted by molar-refractivity contribution is 5.82. The molecule has 0 aromatic carbocycles. The van der Waals surface area contributed by atoms with Crippen LogP contribution in [0, 0.1) is 0 Å². The molecule has 1 aliphatic heterocycles. The number of likely N-dealkylation sites (tertiary alicyclic amines) is 1. The van der Waals surface area contributed by atoms with Crippen LogP contribution >= 0.6 is 0 Å². The van der Waals surface area contributed by atoms with Crippen LogP contribution in [0.1, 0.15) is 12.0 Å². The van der Waals surface area contributed by atoms with Gasteiger partial charge in [0, 0.05) is 39.0 Å². The average molecular weight is 336 g/mol. The van der Waals surface area contributed by atoms with E-state index in [1.165, 1.54) is 0 Å².